The minimum Gasteiger partial charge on any atom is -0.481 e. The quantitative estimate of drug-likeness (QED) is 0.783. The number of hydrogen-bond donors (Lipinski definition) is 0. The largest absolute Gasteiger partial charge is 0.481 e. The van der Waals surface area contributed by atoms with E-state index >= 15 is 0 Å². The summed E-state index contributed by atoms with van der Waals surface area (Å²) in [4.78, 5) is 20.2. The number of aryl methyl sites for hydroxylation is 1. The van der Waals surface area contributed by atoms with Gasteiger partial charge in [0.25, 0.3) is 0 Å². The Bertz CT molecular complexity index is 597. The number of carbonyl (C=O) groups is 1. The van der Waals surface area contributed by atoms with Crippen LogP contribution in [-0.2, 0) is 6.54 Å². The molecule has 0 unspecified atom stereocenters. The lowest BCUT2D eigenvalue weighted by Crippen LogP contribution is -2.13. The zero-order valence-electron chi connectivity index (χ0n) is 10.6. The van der Waals surface area contributed by atoms with Crippen LogP contribution in [0.2, 0.25) is 5.02 Å². The van der Waals surface area contributed by atoms with E-state index in [1.165, 1.54) is 25.7 Å². The van der Waals surface area contributed by atoms with Crippen LogP contribution in [-0.4, -0.2) is 32.6 Å². The number of aromatic nitrogens is 4. The molecule has 0 saturated carbocycles. The van der Waals surface area contributed by atoms with E-state index in [4.69, 9.17) is 16.3 Å². The topological polar surface area (TPSA) is 69.9 Å². The van der Waals surface area contributed by atoms with Crippen LogP contribution in [0.15, 0.2) is 18.6 Å². The molecule has 2 rings (SSSR count). The van der Waals surface area contributed by atoms with Crippen LogP contribution in [0, 0.1) is 0 Å². The molecule has 0 fully saturated rings. The van der Waals surface area contributed by atoms with Crippen LogP contribution in [0.1, 0.15) is 29.5 Å². The van der Waals surface area contributed by atoms with Crippen molar-refractivity contribution in [2.75, 3.05) is 7.11 Å². The predicted octanol–water partition coefficient (Wildman–Crippen LogP) is 1.98. The van der Waals surface area contributed by atoms with Crippen molar-refractivity contribution in [3.63, 3.8) is 0 Å². The molecule has 0 aromatic carbocycles. The average molecular weight is 281 g/mol. The summed E-state index contributed by atoms with van der Waals surface area (Å²) in [6.07, 6.45) is 3.59. The van der Waals surface area contributed by atoms with Crippen molar-refractivity contribution in [1.29, 1.82) is 0 Å². The maximum Gasteiger partial charge on any atom is 0.231 e. The van der Waals surface area contributed by atoms with Crippen LogP contribution >= 0.6 is 11.6 Å². The SMILES string of the molecule is CCCn1ncc(Cl)c1C(=O)c1cc(OC)ncn1. The van der Waals surface area contributed by atoms with E-state index in [0.29, 0.717) is 23.1 Å². The Kier molecular flexibility index (Phi) is 4.11. The highest BCUT2D eigenvalue weighted by Crippen LogP contribution is 2.19. The Morgan fingerprint density at radius 1 is 1.47 bits per heavy atom. The molecule has 0 aliphatic heterocycles. The zero-order valence-corrected chi connectivity index (χ0v) is 11.4. The first-order chi connectivity index (χ1) is 9.17. The third kappa shape index (κ3) is 2.73. The van der Waals surface area contributed by atoms with Crippen molar-refractivity contribution in [2.24, 2.45) is 0 Å². The van der Waals surface area contributed by atoms with Gasteiger partial charge in [0.15, 0.2) is 0 Å². The summed E-state index contributed by atoms with van der Waals surface area (Å²) < 4.78 is 6.55. The van der Waals surface area contributed by atoms with Gasteiger partial charge in [0.05, 0.1) is 18.3 Å². The summed E-state index contributed by atoms with van der Waals surface area (Å²) in [5, 5.41) is 4.40. The van der Waals surface area contributed by atoms with Gasteiger partial charge in [-0.1, -0.05) is 18.5 Å². The first-order valence-electron chi connectivity index (χ1n) is 5.79. The molecule has 0 aliphatic carbocycles. The summed E-state index contributed by atoms with van der Waals surface area (Å²) >= 11 is 6.02. The van der Waals surface area contributed by atoms with Crippen molar-refractivity contribution in [3.8, 4) is 5.88 Å². The summed E-state index contributed by atoms with van der Waals surface area (Å²) in [7, 11) is 1.48. The van der Waals surface area contributed by atoms with Gasteiger partial charge in [-0.25, -0.2) is 9.97 Å². The van der Waals surface area contributed by atoms with E-state index in [0.717, 1.165) is 6.42 Å². The molecule has 0 aliphatic rings. The molecule has 19 heavy (non-hydrogen) atoms. The lowest BCUT2D eigenvalue weighted by Gasteiger charge is -2.06. The maximum atomic E-state index is 12.4. The number of nitrogens with zero attached hydrogens (tertiary/aromatic N) is 4. The number of carbonyl (C=O) groups excluding carboxylic acids is 1. The fourth-order valence-corrected chi connectivity index (χ4v) is 1.89. The van der Waals surface area contributed by atoms with Gasteiger partial charge in [-0.15, -0.1) is 0 Å². The Balaban J connectivity index is 2.40. The molecule has 0 atom stereocenters. The molecule has 0 saturated heterocycles. The van der Waals surface area contributed by atoms with Crippen LogP contribution in [0.3, 0.4) is 0 Å². The molecule has 0 radical (unpaired) electrons. The lowest BCUT2D eigenvalue weighted by atomic mass is 10.2. The van der Waals surface area contributed by atoms with E-state index in [9.17, 15) is 4.79 Å². The number of rotatable bonds is 5. The number of halogens is 1. The van der Waals surface area contributed by atoms with Crippen molar-refractivity contribution < 1.29 is 9.53 Å². The first-order valence-corrected chi connectivity index (χ1v) is 6.17. The molecule has 0 amide bonds. The fraction of sp³-hybridized carbons (Fsp3) is 0.333. The summed E-state index contributed by atoms with van der Waals surface area (Å²) in [6.45, 7) is 2.62. The van der Waals surface area contributed by atoms with Crippen molar-refractivity contribution >= 4 is 17.4 Å². The van der Waals surface area contributed by atoms with E-state index in [1.807, 2.05) is 6.92 Å². The highest BCUT2D eigenvalue weighted by Gasteiger charge is 2.20. The van der Waals surface area contributed by atoms with Crippen molar-refractivity contribution in [1.82, 2.24) is 19.7 Å². The molecule has 0 spiro atoms. The van der Waals surface area contributed by atoms with E-state index in [2.05, 4.69) is 15.1 Å². The minimum atomic E-state index is -0.295. The fourth-order valence-electron chi connectivity index (χ4n) is 1.67. The molecular weight excluding hydrogens is 268 g/mol. The highest BCUT2D eigenvalue weighted by molar-refractivity contribution is 6.34. The summed E-state index contributed by atoms with van der Waals surface area (Å²) in [5.41, 5.74) is 0.566. The minimum absolute atomic E-state index is 0.228. The van der Waals surface area contributed by atoms with Gasteiger partial charge in [0.1, 0.15) is 17.7 Å². The standard InChI is InChI=1S/C12H13ClN4O2/c1-3-4-17-11(8(13)6-16-17)12(18)9-5-10(19-2)15-7-14-9/h5-7H,3-4H2,1-2H3. The second-order valence-corrected chi connectivity index (χ2v) is 4.25. The van der Waals surface area contributed by atoms with Crippen molar-refractivity contribution in [2.45, 2.75) is 19.9 Å². The van der Waals surface area contributed by atoms with Gasteiger partial charge < -0.3 is 4.74 Å². The third-order valence-corrected chi connectivity index (χ3v) is 2.81. The molecule has 2 aromatic rings. The summed E-state index contributed by atoms with van der Waals surface area (Å²) in [6, 6.07) is 1.47. The van der Waals surface area contributed by atoms with Gasteiger partial charge in [0, 0.05) is 12.6 Å². The molecule has 100 valence electrons. The van der Waals surface area contributed by atoms with Crippen LogP contribution in [0.5, 0.6) is 5.88 Å². The van der Waals surface area contributed by atoms with Gasteiger partial charge in [-0.3, -0.25) is 9.48 Å². The normalized spacial score (nSPS) is 10.5. The number of methoxy groups -OCH3 is 1. The molecule has 6 nitrogen and oxygen atoms in total. The highest BCUT2D eigenvalue weighted by atomic mass is 35.5. The van der Waals surface area contributed by atoms with E-state index < -0.39 is 0 Å². The zero-order chi connectivity index (χ0) is 13.8. The van der Waals surface area contributed by atoms with Crippen LogP contribution in [0.4, 0.5) is 0 Å². The second-order valence-electron chi connectivity index (χ2n) is 3.84. The number of ketones is 1. The third-order valence-electron chi connectivity index (χ3n) is 2.53. The maximum absolute atomic E-state index is 12.4. The Hall–Kier alpha value is -1.95. The molecule has 7 heteroatoms. The smallest absolute Gasteiger partial charge is 0.231 e. The van der Waals surface area contributed by atoms with E-state index in [1.54, 1.807) is 4.68 Å². The van der Waals surface area contributed by atoms with Gasteiger partial charge in [-0.05, 0) is 6.42 Å². The summed E-state index contributed by atoms with van der Waals surface area (Å²) in [5.74, 6) is 0.0349. The lowest BCUT2D eigenvalue weighted by molar-refractivity contribution is 0.102. The van der Waals surface area contributed by atoms with Gasteiger partial charge in [0.2, 0.25) is 11.7 Å². The van der Waals surface area contributed by atoms with Gasteiger partial charge in [-0.2, -0.15) is 5.10 Å². The molecule has 0 N–H and O–H groups in total. The second kappa shape index (κ2) is 5.79. The Morgan fingerprint density at radius 3 is 2.95 bits per heavy atom. The van der Waals surface area contributed by atoms with E-state index in [-0.39, 0.29) is 11.5 Å². The predicted molar refractivity (Wildman–Crippen MR) is 69.5 cm³/mol. The Morgan fingerprint density at radius 2 is 2.26 bits per heavy atom. The van der Waals surface area contributed by atoms with Gasteiger partial charge >= 0.3 is 0 Å². The molecule has 0 bridgehead atoms. The monoisotopic (exact) mass is 280 g/mol. The molecule has 2 heterocycles. The first kappa shape index (κ1) is 13.5. The van der Waals surface area contributed by atoms with Crippen LogP contribution in [0.25, 0.3) is 0 Å². The average Bonchev–Trinajstić information content (AvgIpc) is 2.79. The molecular formula is C12H13ClN4O2. The van der Waals surface area contributed by atoms with Crippen LogP contribution < -0.4 is 4.74 Å². The molecule has 2 aromatic heterocycles. The number of hydrogen-bond acceptors (Lipinski definition) is 5. The Labute approximate surface area is 115 Å². The number of ether oxygens (including phenoxy) is 1. The van der Waals surface area contributed by atoms with Crippen molar-refractivity contribution in [3.05, 3.63) is 35.0 Å².